The molecule has 0 spiro atoms. The van der Waals surface area contributed by atoms with Crippen LogP contribution >= 0.6 is 0 Å². The average molecular weight is 525 g/mol. The highest BCUT2D eigenvalue weighted by atomic mass is 16.5. The monoisotopic (exact) mass is 524 g/mol. The summed E-state index contributed by atoms with van der Waals surface area (Å²) < 4.78 is 5.82. The average Bonchev–Trinajstić information content (AvgIpc) is 3.17. The number of carbonyl (C=O) groups excluding carboxylic acids is 3. The van der Waals surface area contributed by atoms with Crippen molar-refractivity contribution in [2.45, 2.75) is 25.0 Å². The maximum absolute atomic E-state index is 13.1. The maximum Gasteiger partial charge on any atom is 0.338 e. The molecule has 0 aromatic heterocycles. The van der Waals surface area contributed by atoms with Crippen LogP contribution in [0.3, 0.4) is 0 Å². The molecule has 2 atom stereocenters. The number of carbonyl (C=O) groups is 3. The van der Waals surface area contributed by atoms with Gasteiger partial charge in [-0.15, -0.1) is 0 Å². The summed E-state index contributed by atoms with van der Waals surface area (Å²) in [6.45, 7) is 1.17. The first kappa shape index (κ1) is 25.9. The number of fused-ring (bicyclic) bond motifs is 1. The first-order valence-corrected chi connectivity index (χ1v) is 12.8. The number of phenols is 2. The van der Waals surface area contributed by atoms with Gasteiger partial charge in [0.1, 0.15) is 17.6 Å². The van der Waals surface area contributed by atoms with Gasteiger partial charge in [-0.1, -0.05) is 36.4 Å². The molecule has 0 radical (unpaired) electrons. The maximum atomic E-state index is 13.1. The van der Waals surface area contributed by atoms with Crippen LogP contribution in [0.1, 0.15) is 49.5 Å². The number of hydrogen-bond donors (Lipinski definition) is 4. The van der Waals surface area contributed by atoms with E-state index in [2.05, 4.69) is 10.6 Å². The fraction of sp³-hybridized carbons (Fsp3) is 0.194. The predicted octanol–water partition coefficient (Wildman–Crippen LogP) is 4.19. The minimum absolute atomic E-state index is 0.0660. The molecule has 39 heavy (non-hydrogen) atoms. The number of phenolic OH excluding ortho intramolecular Hbond substituents is 2. The molecule has 4 aromatic carbocycles. The quantitative estimate of drug-likeness (QED) is 0.220. The van der Waals surface area contributed by atoms with E-state index in [0.717, 1.165) is 23.7 Å². The Bertz CT molecular complexity index is 1510. The third-order valence-electron chi connectivity index (χ3n) is 6.85. The van der Waals surface area contributed by atoms with Crippen LogP contribution in [0, 0.1) is 0 Å². The van der Waals surface area contributed by atoms with Crippen LogP contribution in [0.25, 0.3) is 10.8 Å². The van der Waals surface area contributed by atoms with Gasteiger partial charge in [-0.05, 0) is 78.7 Å². The Morgan fingerprint density at radius 2 is 1.46 bits per heavy atom. The third-order valence-corrected chi connectivity index (χ3v) is 6.85. The molecule has 4 aromatic rings. The lowest BCUT2D eigenvalue weighted by Crippen LogP contribution is -2.49. The van der Waals surface area contributed by atoms with Crippen molar-refractivity contribution in [2.24, 2.45) is 0 Å². The van der Waals surface area contributed by atoms with Gasteiger partial charge < -0.3 is 25.6 Å². The van der Waals surface area contributed by atoms with E-state index in [1.165, 1.54) is 48.5 Å². The number of benzene rings is 4. The summed E-state index contributed by atoms with van der Waals surface area (Å²) >= 11 is 0. The molecule has 4 N–H and O–H groups in total. The first-order valence-electron chi connectivity index (χ1n) is 12.8. The summed E-state index contributed by atoms with van der Waals surface area (Å²) in [4.78, 5) is 38.8. The summed E-state index contributed by atoms with van der Waals surface area (Å²) in [6, 6.07) is 22.3. The van der Waals surface area contributed by atoms with Gasteiger partial charge in [0.2, 0.25) is 0 Å². The largest absolute Gasteiger partial charge is 0.508 e. The number of nitrogens with one attached hydrogen (secondary N) is 2. The van der Waals surface area contributed by atoms with Crippen molar-refractivity contribution < 1.29 is 29.3 Å². The van der Waals surface area contributed by atoms with Crippen LogP contribution in [0.5, 0.6) is 11.5 Å². The zero-order valence-corrected chi connectivity index (χ0v) is 21.1. The smallest absolute Gasteiger partial charge is 0.338 e. The van der Waals surface area contributed by atoms with Crippen LogP contribution in [-0.2, 0) is 4.74 Å². The second-order valence-corrected chi connectivity index (χ2v) is 9.54. The molecule has 8 nitrogen and oxygen atoms in total. The number of aromatic hydroxyl groups is 2. The van der Waals surface area contributed by atoms with Crippen LogP contribution in [-0.4, -0.2) is 53.1 Å². The van der Waals surface area contributed by atoms with Gasteiger partial charge in [0.25, 0.3) is 5.91 Å². The molecule has 1 fully saturated rings. The van der Waals surface area contributed by atoms with Gasteiger partial charge >= 0.3 is 5.97 Å². The first-order chi connectivity index (χ1) is 18.9. The summed E-state index contributed by atoms with van der Waals surface area (Å²) in [6.07, 6.45) is 0.785. The van der Waals surface area contributed by atoms with E-state index < -0.39 is 18.1 Å². The Morgan fingerprint density at radius 1 is 0.821 bits per heavy atom. The van der Waals surface area contributed by atoms with Crippen molar-refractivity contribution in [3.63, 3.8) is 0 Å². The molecule has 0 saturated carbocycles. The molecule has 5 rings (SSSR count). The summed E-state index contributed by atoms with van der Waals surface area (Å²) in [7, 11) is 0. The lowest BCUT2D eigenvalue weighted by Gasteiger charge is -2.26. The Kier molecular flexibility index (Phi) is 7.56. The van der Waals surface area contributed by atoms with E-state index >= 15 is 0 Å². The highest BCUT2D eigenvalue weighted by Crippen LogP contribution is 2.27. The topological polar surface area (TPSA) is 125 Å². The second-order valence-electron chi connectivity index (χ2n) is 9.54. The fourth-order valence-electron chi connectivity index (χ4n) is 4.70. The summed E-state index contributed by atoms with van der Waals surface area (Å²) in [5.74, 6) is -1.28. The van der Waals surface area contributed by atoms with Crippen LogP contribution in [0.2, 0.25) is 0 Å². The van der Waals surface area contributed by atoms with E-state index in [1.807, 2.05) is 24.3 Å². The Hall–Kier alpha value is -4.69. The number of amides is 1. The minimum atomic E-state index is -0.557. The van der Waals surface area contributed by atoms with E-state index in [1.54, 1.807) is 12.1 Å². The Labute approximate surface area is 225 Å². The van der Waals surface area contributed by atoms with Gasteiger partial charge in [-0.3, -0.25) is 9.59 Å². The molecular formula is C31H28N2O6. The van der Waals surface area contributed by atoms with Crippen molar-refractivity contribution in [2.75, 3.05) is 13.1 Å². The van der Waals surface area contributed by atoms with Crippen molar-refractivity contribution in [3.05, 3.63) is 107 Å². The highest BCUT2D eigenvalue weighted by Gasteiger charge is 2.29. The van der Waals surface area contributed by atoms with E-state index in [-0.39, 0.29) is 34.3 Å². The van der Waals surface area contributed by atoms with Crippen molar-refractivity contribution in [1.82, 2.24) is 10.6 Å². The van der Waals surface area contributed by atoms with Crippen LogP contribution < -0.4 is 10.6 Å². The van der Waals surface area contributed by atoms with E-state index in [9.17, 15) is 24.6 Å². The summed E-state index contributed by atoms with van der Waals surface area (Å²) in [5.41, 5.74) is 1.17. The summed E-state index contributed by atoms with van der Waals surface area (Å²) in [5, 5.41) is 27.7. The molecule has 198 valence electrons. The zero-order chi connectivity index (χ0) is 27.4. The number of ketones is 1. The highest BCUT2D eigenvalue weighted by molar-refractivity contribution is 6.12. The molecule has 0 bridgehead atoms. The van der Waals surface area contributed by atoms with Gasteiger partial charge in [0.05, 0.1) is 17.2 Å². The molecular weight excluding hydrogens is 496 g/mol. The second kappa shape index (κ2) is 11.4. The van der Waals surface area contributed by atoms with Crippen molar-refractivity contribution >= 4 is 28.4 Å². The Morgan fingerprint density at radius 3 is 2.18 bits per heavy atom. The molecule has 0 aliphatic carbocycles. The lowest BCUT2D eigenvalue weighted by atomic mass is 9.98. The third kappa shape index (κ3) is 5.91. The van der Waals surface area contributed by atoms with Gasteiger partial charge in [-0.2, -0.15) is 0 Å². The van der Waals surface area contributed by atoms with E-state index in [0.29, 0.717) is 24.1 Å². The van der Waals surface area contributed by atoms with Crippen LogP contribution in [0.4, 0.5) is 0 Å². The van der Waals surface area contributed by atoms with E-state index in [4.69, 9.17) is 4.74 Å². The molecule has 8 heteroatoms. The van der Waals surface area contributed by atoms with Crippen molar-refractivity contribution in [1.29, 1.82) is 0 Å². The van der Waals surface area contributed by atoms with Gasteiger partial charge in [0, 0.05) is 17.7 Å². The van der Waals surface area contributed by atoms with Crippen LogP contribution in [0.15, 0.2) is 84.9 Å². The Balaban J connectivity index is 1.28. The molecule has 1 aliphatic rings. The van der Waals surface area contributed by atoms with Gasteiger partial charge in [0.15, 0.2) is 5.78 Å². The molecule has 1 heterocycles. The number of rotatable bonds is 6. The normalized spacial score (nSPS) is 17.2. The fourth-order valence-corrected chi connectivity index (χ4v) is 4.70. The number of ether oxygens (including phenoxy) is 1. The molecule has 1 saturated heterocycles. The molecule has 0 unspecified atom stereocenters. The standard InChI is InChI=1S/C31H28N2O6/c34-24-13-11-20(12-14-24)30(37)33-26-18-32-15-3-6-28(26)39-31(38)21-9-7-19(8-10-21)29(36)25-16-22-4-1-2-5-23(22)17-27(25)35/h1-2,4-5,7-14,16-17,26,28,32,34-35H,3,6,15,18H2,(H,33,37)/t26-,28-/m1/s1. The number of hydrogen-bond acceptors (Lipinski definition) is 7. The minimum Gasteiger partial charge on any atom is -0.508 e. The predicted molar refractivity (Wildman–Crippen MR) is 146 cm³/mol. The van der Waals surface area contributed by atoms with Gasteiger partial charge in [-0.25, -0.2) is 4.79 Å². The molecule has 1 amide bonds. The SMILES string of the molecule is O=C(N[C@@H]1CNCCC[C@H]1OC(=O)c1ccc(C(=O)c2cc3ccccc3cc2O)cc1)c1ccc(O)cc1. The van der Waals surface area contributed by atoms with Crippen molar-refractivity contribution in [3.8, 4) is 11.5 Å². The zero-order valence-electron chi connectivity index (χ0n) is 21.1. The number of esters is 1. The lowest BCUT2D eigenvalue weighted by molar-refractivity contribution is 0.0192. The molecule has 1 aliphatic heterocycles.